The fourth-order valence-electron chi connectivity index (χ4n) is 4.23. The molecule has 4 heterocycles. The zero-order valence-electron chi connectivity index (χ0n) is 18.6. The van der Waals surface area contributed by atoms with E-state index in [9.17, 15) is 9.59 Å². The smallest absolute Gasteiger partial charge is 0.332 e. The van der Waals surface area contributed by atoms with Gasteiger partial charge in [0, 0.05) is 44.8 Å². The first-order chi connectivity index (χ1) is 16.1. The Labute approximate surface area is 189 Å². The van der Waals surface area contributed by atoms with Crippen LogP contribution >= 0.6 is 0 Å². The van der Waals surface area contributed by atoms with Gasteiger partial charge in [0.15, 0.2) is 11.2 Å². The molecule has 1 aromatic carbocycles. The molecule has 0 bridgehead atoms. The van der Waals surface area contributed by atoms with Gasteiger partial charge in [-0.15, -0.1) is 5.92 Å². The predicted octanol–water partition coefficient (Wildman–Crippen LogP) is 0.321. The summed E-state index contributed by atoms with van der Waals surface area (Å²) >= 11 is 0. The zero-order valence-corrected chi connectivity index (χ0v) is 18.6. The van der Waals surface area contributed by atoms with Crippen LogP contribution in [-0.4, -0.2) is 54.8 Å². The Kier molecular flexibility index (Phi) is 5.40. The Morgan fingerprint density at radius 1 is 1.15 bits per heavy atom. The van der Waals surface area contributed by atoms with E-state index in [4.69, 9.17) is 4.98 Å². The quantitative estimate of drug-likeness (QED) is 0.452. The van der Waals surface area contributed by atoms with Crippen LogP contribution in [0.5, 0.6) is 0 Å². The van der Waals surface area contributed by atoms with Crippen molar-refractivity contribution < 1.29 is 0 Å². The number of aryl methyl sites for hydroxylation is 1. The lowest BCUT2D eigenvalue weighted by atomic mass is 10.1. The van der Waals surface area contributed by atoms with Gasteiger partial charge in [0.05, 0.1) is 18.6 Å². The number of hydrogen-bond donors (Lipinski definition) is 1. The van der Waals surface area contributed by atoms with Crippen molar-refractivity contribution in [2.45, 2.75) is 20.0 Å². The summed E-state index contributed by atoms with van der Waals surface area (Å²) in [6.45, 7) is 5.43. The molecule has 10 nitrogen and oxygen atoms in total. The lowest BCUT2D eigenvalue weighted by Crippen LogP contribution is -2.44. The van der Waals surface area contributed by atoms with E-state index in [1.807, 2.05) is 22.8 Å². The number of aromatic nitrogens is 6. The van der Waals surface area contributed by atoms with Crippen molar-refractivity contribution in [2.75, 3.05) is 31.1 Å². The molecular formula is C23H24N8O2. The molecule has 1 aliphatic heterocycles. The van der Waals surface area contributed by atoms with Crippen LogP contribution in [0.1, 0.15) is 12.5 Å². The summed E-state index contributed by atoms with van der Waals surface area (Å²) in [5.74, 6) is 6.62. The predicted molar refractivity (Wildman–Crippen MR) is 126 cm³/mol. The summed E-state index contributed by atoms with van der Waals surface area (Å²) in [5, 5.41) is 4.18. The number of piperazine rings is 1. The number of nitrogens with one attached hydrogen (secondary N) is 1. The lowest BCUT2D eigenvalue weighted by molar-refractivity contribution is 0.572. The Bertz CT molecular complexity index is 1530. The van der Waals surface area contributed by atoms with Gasteiger partial charge in [-0.1, -0.05) is 12.0 Å². The Morgan fingerprint density at radius 2 is 1.97 bits per heavy atom. The van der Waals surface area contributed by atoms with Crippen molar-refractivity contribution in [1.82, 2.24) is 34.0 Å². The highest BCUT2D eigenvalue weighted by atomic mass is 16.2. The second-order valence-corrected chi connectivity index (χ2v) is 7.98. The molecular weight excluding hydrogens is 420 g/mol. The van der Waals surface area contributed by atoms with Gasteiger partial charge in [0.2, 0.25) is 5.95 Å². The molecule has 0 aliphatic carbocycles. The average Bonchev–Trinajstić information content (AvgIpc) is 3.24. The molecule has 0 atom stereocenters. The minimum atomic E-state index is -0.407. The van der Waals surface area contributed by atoms with Crippen LogP contribution in [0.25, 0.3) is 22.1 Å². The topological polar surface area (TPSA) is 103 Å². The summed E-state index contributed by atoms with van der Waals surface area (Å²) in [7, 11) is 1.65. The Morgan fingerprint density at radius 3 is 2.76 bits per heavy atom. The fourth-order valence-corrected chi connectivity index (χ4v) is 4.23. The first-order valence-corrected chi connectivity index (χ1v) is 10.8. The Hall–Kier alpha value is -3.97. The third-order valence-corrected chi connectivity index (χ3v) is 5.94. The number of imidazole rings is 1. The zero-order chi connectivity index (χ0) is 22.9. The van der Waals surface area contributed by atoms with Crippen LogP contribution in [0.4, 0.5) is 5.95 Å². The molecule has 3 aromatic heterocycles. The third kappa shape index (κ3) is 3.66. The van der Waals surface area contributed by atoms with Gasteiger partial charge in [-0.2, -0.15) is 4.98 Å². The summed E-state index contributed by atoms with van der Waals surface area (Å²) in [6.07, 6.45) is 3.21. The maximum absolute atomic E-state index is 13.6. The standard InChI is InChI=1S/C23H24N8O2/c1-3-4-9-30-19-20(27-22(30)29-10-7-24-8-11-29)28(2)23(33)31(21(19)32)14-16-5-6-18-17(12-16)13-25-15-26-18/h5-6,12-13,15,24H,7-11,14H2,1-2H3. The van der Waals surface area contributed by atoms with E-state index < -0.39 is 5.69 Å². The summed E-state index contributed by atoms with van der Waals surface area (Å²) < 4.78 is 4.54. The van der Waals surface area contributed by atoms with E-state index in [2.05, 4.69) is 32.0 Å². The third-order valence-electron chi connectivity index (χ3n) is 5.94. The monoisotopic (exact) mass is 444 g/mol. The van der Waals surface area contributed by atoms with E-state index in [0.29, 0.717) is 23.7 Å². The minimum absolute atomic E-state index is 0.139. The van der Waals surface area contributed by atoms with Crippen LogP contribution in [0.2, 0.25) is 0 Å². The molecule has 5 rings (SSSR count). The SMILES string of the molecule is CC#CCn1c(N2CCNCC2)nc2c1c(=O)n(Cc1ccc3ncncc3c1)c(=O)n2C. The van der Waals surface area contributed by atoms with Crippen molar-refractivity contribution in [1.29, 1.82) is 0 Å². The first kappa shape index (κ1) is 20.9. The van der Waals surface area contributed by atoms with Gasteiger partial charge in [-0.25, -0.2) is 14.8 Å². The van der Waals surface area contributed by atoms with Gasteiger partial charge in [0.25, 0.3) is 5.56 Å². The maximum Gasteiger partial charge on any atom is 0.332 e. The molecule has 1 aliphatic rings. The molecule has 10 heteroatoms. The molecule has 33 heavy (non-hydrogen) atoms. The highest BCUT2D eigenvalue weighted by Gasteiger charge is 2.24. The number of nitrogens with zero attached hydrogens (tertiary/aromatic N) is 7. The van der Waals surface area contributed by atoms with Gasteiger partial charge in [-0.3, -0.25) is 18.5 Å². The number of benzene rings is 1. The molecule has 4 aromatic rings. The van der Waals surface area contributed by atoms with E-state index >= 15 is 0 Å². The van der Waals surface area contributed by atoms with Gasteiger partial charge in [0.1, 0.15) is 6.33 Å². The normalized spacial score (nSPS) is 13.9. The van der Waals surface area contributed by atoms with E-state index in [1.54, 1.807) is 20.2 Å². The van der Waals surface area contributed by atoms with Crippen LogP contribution in [-0.2, 0) is 20.1 Å². The van der Waals surface area contributed by atoms with Crippen molar-refractivity contribution in [3.63, 3.8) is 0 Å². The maximum atomic E-state index is 13.6. The Balaban J connectivity index is 1.68. The minimum Gasteiger partial charge on any atom is -0.340 e. The fraction of sp³-hybridized carbons (Fsp3) is 0.348. The number of fused-ring (bicyclic) bond motifs is 2. The second kappa shape index (κ2) is 8.52. The molecule has 168 valence electrons. The molecule has 0 saturated carbocycles. The molecule has 1 saturated heterocycles. The van der Waals surface area contributed by atoms with Crippen molar-refractivity contribution in [2.24, 2.45) is 7.05 Å². The first-order valence-electron chi connectivity index (χ1n) is 10.8. The molecule has 1 fully saturated rings. The highest BCUT2D eigenvalue weighted by Crippen LogP contribution is 2.20. The molecule has 0 spiro atoms. The summed E-state index contributed by atoms with van der Waals surface area (Å²) in [4.78, 5) is 42.0. The van der Waals surface area contributed by atoms with Crippen LogP contribution in [0.15, 0.2) is 40.3 Å². The van der Waals surface area contributed by atoms with E-state index in [-0.39, 0.29) is 12.1 Å². The molecule has 0 radical (unpaired) electrons. The second-order valence-electron chi connectivity index (χ2n) is 7.98. The number of anilines is 1. The number of rotatable bonds is 4. The molecule has 1 N–H and O–H groups in total. The van der Waals surface area contributed by atoms with E-state index in [1.165, 1.54) is 15.5 Å². The van der Waals surface area contributed by atoms with Gasteiger partial charge < -0.3 is 10.2 Å². The van der Waals surface area contributed by atoms with Gasteiger partial charge in [-0.05, 0) is 24.6 Å². The van der Waals surface area contributed by atoms with Crippen LogP contribution in [0.3, 0.4) is 0 Å². The van der Waals surface area contributed by atoms with Crippen LogP contribution < -0.4 is 21.5 Å². The number of hydrogen-bond acceptors (Lipinski definition) is 7. The van der Waals surface area contributed by atoms with Gasteiger partial charge >= 0.3 is 5.69 Å². The summed E-state index contributed by atoms with van der Waals surface area (Å²) in [5.41, 5.74) is 1.61. The molecule has 0 amide bonds. The van der Waals surface area contributed by atoms with Crippen LogP contribution in [0, 0.1) is 11.8 Å². The lowest BCUT2D eigenvalue weighted by Gasteiger charge is -2.28. The highest BCUT2D eigenvalue weighted by molar-refractivity contribution is 5.78. The van der Waals surface area contributed by atoms with Crippen molar-refractivity contribution in [3.8, 4) is 11.8 Å². The summed E-state index contributed by atoms with van der Waals surface area (Å²) in [6, 6.07) is 5.64. The molecule has 0 unspecified atom stereocenters. The van der Waals surface area contributed by atoms with Crippen molar-refractivity contribution >= 4 is 28.0 Å². The van der Waals surface area contributed by atoms with Crippen molar-refractivity contribution in [3.05, 3.63) is 57.1 Å². The largest absolute Gasteiger partial charge is 0.340 e. The van der Waals surface area contributed by atoms with E-state index in [0.717, 1.165) is 42.6 Å². The average molecular weight is 444 g/mol.